The lowest BCUT2D eigenvalue weighted by molar-refractivity contribution is -0.117. The molecule has 0 aliphatic heterocycles. The van der Waals surface area contributed by atoms with Gasteiger partial charge in [0, 0.05) is 17.2 Å². The zero-order valence-electron chi connectivity index (χ0n) is 22.7. The van der Waals surface area contributed by atoms with E-state index in [0.29, 0.717) is 11.4 Å². The van der Waals surface area contributed by atoms with Gasteiger partial charge in [0.1, 0.15) is 12.4 Å². The third kappa shape index (κ3) is 5.18. The lowest BCUT2D eigenvalue weighted by atomic mass is 10.0. The van der Waals surface area contributed by atoms with Gasteiger partial charge in [-0.15, -0.1) is 0 Å². The van der Waals surface area contributed by atoms with E-state index >= 15 is 0 Å². The normalized spacial score (nSPS) is 11.1. The van der Waals surface area contributed by atoms with E-state index in [1.54, 1.807) is 9.58 Å². The number of carbonyl (C=O) groups excluding carboxylic acids is 2. The Kier molecular flexibility index (Phi) is 7.28. The van der Waals surface area contributed by atoms with Crippen LogP contribution in [0.5, 0.6) is 0 Å². The fraction of sp³-hybridized carbons (Fsp3) is 0.182. The van der Waals surface area contributed by atoms with Crippen LogP contribution in [-0.4, -0.2) is 39.1 Å². The second kappa shape index (κ2) is 11.0. The number of amides is 2. The summed E-state index contributed by atoms with van der Waals surface area (Å²) in [7, 11) is 0. The van der Waals surface area contributed by atoms with Gasteiger partial charge in [-0.3, -0.25) is 9.59 Å². The Morgan fingerprint density at radius 3 is 2.26 bits per heavy atom. The maximum Gasteiger partial charge on any atom is 0.255 e. The zero-order valence-corrected chi connectivity index (χ0v) is 22.7. The first kappa shape index (κ1) is 25.9. The van der Waals surface area contributed by atoms with Gasteiger partial charge in [0.25, 0.3) is 5.91 Å². The van der Waals surface area contributed by atoms with E-state index in [-0.39, 0.29) is 24.4 Å². The Morgan fingerprint density at radius 1 is 0.846 bits per heavy atom. The average Bonchev–Trinajstić information content (AvgIpc) is 3.26. The lowest BCUT2D eigenvalue weighted by Gasteiger charge is -2.27. The molecule has 0 unspecified atom stereocenters. The van der Waals surface area contributed by atoms with E-state index in [0.717, 1.165) is 38.8 Å². The van der Waals surface area contributed by atoms with Gasteiger partial charge in [-0.05, 0) is 61.7 Å². The quantitative estimate of drug-likeness (QED) is 0.259. The van der Waals surface area contributed by atoms with Crippen LogP contribution in [0.4, 0.5) is 5.82 Å². The molecule has 0 fully saturated rings. The van der Waals surface area contributed by atoms with E-state index < -0.39 is 0 Å². The van der Waals surface area contributed by atoms with Crippen LogP contribution >= 0.6 is 0 Å². The van der Waals surface area contributed by atoms with Crippen LogP contribution in [0.3, 0.4) is 0 Å². The molecule has 5 aromatic rings. The zero-order chi connectivity index (χ0) is 27.5. The van der Waals surface area contributed by atoms with Crippen molar-refractivity contribution in [3.63, 3.8) is 0 Å². The fourth-order valence-corrected chi connectivity index (χ4v) is 4.95. The molecule has 0 aliphatic carbocycles. The third-order valence-corrected chi connectivity index (χ3v) is 6.94. The number of fused-ring (bicyclic) bond motifs is 1. The molecule has 0 spiro atoms. The minimum absolute atomic E-state index is 0.0913. The number of rotatable bonds is 7. The molecule has 39 heavy (non-hydrogen) atoms. The number of aryl methyl sites for hydroxylation is 2. The monoisotopic (exact) mass is 516 g/mol. The molecule has 0 saturated heterocycles. The smallest absolute Gasteiger partial charge is 0.255 e. The largest absolute Gasteiger partial charge is 0.327 e. The van der Waals surface area contributed by atoms with E-state index in [1.165, 1.54) is 0 Å². The standard InChI is InChI=1S/C33H32N4O2/c1-22(2)36(33(39)28-19-12-17-25-14-9-10-18-27(25)28)21-30(38)34-32-31(26-15-6-5-7-16-26)24(4)35-37(32)29-20-11-8-13-23(29)3/h5-20,22H,21H2,1-4H3,(H,34,38). The van der Waals surface area contributed by atoms with Crippen molar-refractivity contribution >= 4 is 28.4 Å². The molecule has 1 heterocycles. The first-order valence-electron chi connectivity index (χ1n) is 13.1. The van der Waals surface area contributed by atoms with E-state index in [1.807, 2.05) is 125 Å². The molecule has 2 amide bonds. The number of anilines is 1. The Bertz CT molecular complexity index is 1650. The van der Waals surface area contributed by atoms with Gasteiger partial charge in [0.2, 0.25) is 5.91 Å². The summed E-state index contributed by atoms with van der Waals surface area (Å²) in [5.41, 5.74) is 5.10. The van der Waals surface area contributed by atoms with Crippen molar-refractivity contribution in [3.05, 3.63) is 114 Å². The van der Waals surface area contributed by atoms with Gasteiger partial charge < -0.3 is 10.2 Å². The highest BCUT2D eigenvalue weighted by Crippen LogP contribution is 2.34. The molecule has 1 aromatic heterocycles. The minimum Gasteiger partial charge on any atom is -0.327 e. The van der Waals surface area contributed by atoms with Gasteiger partial charge in [-0.25, -0.2) is 4.68 Å². The van der Waals surface area contributed by atoms with Crippen molar-refractivity contribution in [3.8, 4) is 16.8 Å². The van der Waals surface area contributed by atoms with Crippen LogP contribution in [0.15, 0.2) is 97.1 Å². The van der Waals surface area contributed by atoms with Gasteiger partial charge in [0.15, 0.2) is 0 Å². The molecular formula is C33H32N4O2. The first-order valence-corrected chi connectivity index (χ1v) is 13.1. The van der Waals surface area contributed by atoms with Gasteiger partial charge in [-0.2, -0.15) is 5.10 Å². The van der Waals surface area contributed by atoms with Gasteiger partial charge >= 0.3 is 0 Å². The van der Waals surface area contributed by atoms with Crippen LogP contribution in [0.2, 0.25) is 0 Å². The molecule has 0 atom stereocenters. The third-order valence-electron chi connectivity index (χ3n) is 6.94. The van der Waals surface area contributed by atoms with Crippen molar-refractivity contribution in [2.24, 2.45) is 0 Å². The van der Waals surface area contributed by atoms with E-state index in [4.69, 9.17) is 5.10 Å². The summed E-state index contributed by atoms with van der Waals surface area (Å²) in [5, 5.41) is 9.80. The molecule has 0 bridgehead atoms. The van der Waals surface area contributed by atoms with E-state index in [9.17, 15) is 9.59 Å². The number of nitrogens with one attached hydrogen (secondary N) is 1. The molecule has 1 N–H and O–H groups in total. The molecule has 196 valence electrons. The highest BCUT2D eigenvalue weighted by molar-refractivity contribution is 6.08. The number of para-hydroxylation sites is 1. The van der Waals surface area contributed by atoms with Crippen molar-refractivity contribution in [1.29, 1.82) is 0 Å². The Balaban J connectivity index is 1.51. The maximum absolute atomic E-state index is 13.7. The summed E-state index contributed by atoms with van der Waals surface area (Å²) in [6.07, 6.45) is 0. The van der Waals surface area contributed by atoms with Crippen LogP contribution < -0.4 is 5.32 Å². The Labute approximate surface area is 228 Å². The van der Waals surface area contributed by atoms with Crippen molar-refractivity contribution in [2.75, 3.05) is 11.9 Å². The van der Waals surface area contributed by atoms with Gasteiger partial charge in [0.05, 0.1) is 11.4 Å². The summed E-state index contributed by atoms with van der Waals surface area (Å²) < 4.78 is 1.79. The van der Waals surface area contributed by atoms with Crippen molar-refractivity contribution in [1.82, 2.24) is 14.7 Å². The second-order valence-corrected chi connectivity index (χ2v) is 9.98. The summed E-state index contributed by atoms with van der Waals surface area (Å²) in [6, 6.07) is 31.1. The molecule has 6 heteroatoms. The maximum atomic E-state index is 13.7. The summed E-state index contributed by atoms with van der Waals surface area (Å²) in [5.74, 6) is 0.118. The number of carbonyl (C=O) groups is 2. The van der Waals surface area contributed by atoms with Gasteiger partial charge in [-0.1, -0.05) is 84.9 Å². The summed E-state index contributed by atoms with van der Waals surface area (Å²) >= 11 is 0. The van der Waals surface area contributed by atoms with Crippen molar-refractivity contribution in [2.45, 2.75) is 33.7 Å². The Morgan fingerprint density at radius 2 is 1.51 bits per heavy atom. The van der Waals surface area contributed by atoms with Crippen molar-refractivity contribution < 1.29 is 9.59 Å². The van der Waals surface area contributed by atoms with Crippen LogP contribution in [-0.2, 0) is 4.79 Å². The van der Waals surface area contributed by atoms with Crippen LogP contribution in [0, 0.1) is 13.8 Å². The summed E-state index contributed by atoms with van der Waals surface area (Å²) in [6.45, 7) is 7.72. The molecule has 0 radical (unpaired) electrons. The Hall–Kier alpha value is -4.71. The fourth-order valence-electron chi connectivity index (χ4n) is 4.95. The van der Waals surface area contributed by atoms with Crippen LogP contribution in [0.1, 0.15) is 35.5 Å². The lowest BCUT2D eigenvalue weighted by Crippen LogP contribution is -2.42. The van der Waals surface area contributed by atoms with Crippen LogP contribution in [0.25, 0.3) is 27.6 Å². The average molecular weight is 517 g/mol. The summed E-state index contributed by atoms with van der Waals surface area (Å²) in [4.78, 5) is 29.0. The highest BCUT2D eigenvalue weighted by Gasteiger charge is 2.26. The number of hydrogen-bond acceptors (Lipinski definition) is 3. The number of benzene rings is 4. The molecule has 0 aliphatic rings. The van der Waals surface area contributed by atoms with E-state index in [2.05, 4.69) is 5.32 Å². The number of nitrogens with zero attached hydrogens (tertiary/aromatic N) is 3. The highest BCUT2D eigenvalue weighted by atomic mass is 16.2. The second-order valence-electron chi connectivity index (χ2n) is 9.98. The minimum atomic E-state index is -0.288. The molecule has 5 rings (SSSR count). The topological polar surface area (TPSA) is 67.2 Å². The molecule has 0 saturated carbocycles. The predicted octanol–water partition coefficient (Wildman–Crippen LogP) is 6.80. The molecule has 4 aromatic carbocycles. The predicted molar refractivity (Wildman–Crippen MR) is 157 cm³/mol. The number of aromatic nitrogens is 2. The molecular weight excluding hydrogens is 484 g/mol. The first-order chi connectivity index (χ1) is 18.8. The SMILES string of the molecule is Cc1ccccc1-n1nc(C)c(-c2ccccc2)c1NC(=O)CN(C(=O)c1cccc2ccccc12)C(C)C. The number of hydrogen-bond donors (Lipinski definition) is 1. The molecule has 6 nitrogen and oxygen atoms in total.